The first-order chi connectivity index (χ1) is 9.23. The number of hydrogen-bond donors (Lipinski definition) is 0. The van der Waals surface area contributed by atoms with Crippen molar-refractivity contribution in [3.05, 3.63) is 23.5 Å². The molecule has 0 unspecified atom stereocenters. The van der Waals surface area contributed by atoms with E-state index in [9.17, 15) is 9.18 Å². The third-order valence-corrected chi connectivity index (χ3v) is 4.00. The number of carbonyl (C=O) groups is 1. The van der Waals surface area contributed by atoms with E-state index in [1.54, 1.807) is 0 Å². The van der Waals surface area contributed by atoms with Gasteiger partial charge < -0.3 is 14.0 Å². The average Bonchev–Trinajstić information content (AvgIpc) is 2.57. The van der Waals surface area contributed by atoms with Gasteiger partial charge in [-0.05, 0) is 33.8 Å². The molecule has 0 spiro atoms. The average molecular weight is 280 g/mol. The predicted octanol–water partition coefficient (Wildman–Crippen LogP) is 1.95. The van der Waals surface area contributed by atoms with Gasteiger partial charge in [0.15, 0.2) is 6.29 Å². The topological polar surface area (TPSA) is 44.8 Å². The van der Waals surface area contributed by atoms with Crippen LogP contribution < -0.4 is 10.2 Å². The summed E-state index contributed by atoms with van der Waals surface area (Å²) < 4.78 is 30.6. The van der Waals surface area contributed by atoms with Gasteiger partial charge in [0.1, 0.15) is 11.6 Å². The summed E-state index contributed by atoms with van der Waals surface area (Å²) >= 11 is 0. The SMILES string of the molecule is COc1c(B2OC(C)(C)C(C)(C)O2)ccc(F)c1C=O. The van der Waals surface area contributed by atoms with E-state index in [-0.39, 0.29) is 11.3 Å². The van der Waals surface area contributed by atoms with Gasteiger partial charge in [-0.25, -0.2) is 4.39 Å². The van der Waals surface area contributed by atoms with Crippen molar-refractivity contribution < 1.29 is 23.2 Å². The zero-order valence-electron chi connectivity index (χ0n) is 12.3. The smallest absolute Gasteiger partial charge is 0.496 e. The van der Waals surface area contributed by atoms with Crippen molar-refractivity contribution in [3.63, 3.8) is 0 Å². The molecule has 0 saturated carbocycles. The van der Waals surface area contributed by atoms with E-state index >= 15 is 0 Å². The fraction of sp³-hybridized carbons (Fsp3) is 0.500. The molecular weight excluding hydrogens is 262 g/mol. The minimum Gasteiger partial charge on any atom is -0.496 e. The molecule has 108 valence electrons. The van der Waals surface area contributed by atoms with Crippen molar-refractivity contribution in [1.29, 1.82) is 0 Å². The molecule has 1 aromatic rings. The van der Waals surface area contributed by atoms with Crippen LogP contribution in [0.4, 0.5) is 4.39 Å². The summed E-state index contributed by atoms with van der Waals surface area (Å²) in [6.07, 6.45) is 0.433. The Labute approximate surface area is 118 Å². The van der Waals surface area contributed by atoms with Gasteiger partial charge in [0.2, 0.25) is 0 Å². The number of hydrogen-bond acceptors (Lipinski definition) is 4. The van der Waals surface area contributed by atoms with Crippen LogP contribution in [0.25, 0.3) is 0 Å². The Balaban J connectivity index is 2.48. The first-order valence-electron chi connectivity index (χ1n) is 6.40. The molecule has 0 aromatic heterocycles. The number of carbonyl (C=O) groups excluding carboxylic acids is 1. The van der Waals surface area contributed by atoms with Gasteiger partial charge in [-0.2, -0.15) is 0 Å². The Morgan fingerprint density at radius 2 is 1.75 bits per heavy atom. The van der Waals surface area contributed by atoms with Gasteiger partial charge in [0.05, 0.1) is 23.9 Å². The summed E-state index contributed by atoms with van der Waals surface area (Å²) in [7, 11) is 0.686. The Kier molecular flexibility index (Phi) is 3.65. The number of halogens is 1. The van der Waals surface area contributed by atoms with Gasteiger partial charge in [-0.1, -0.05) is 6.07 Å². The highest BCUT2D eigenvalue weighted by atomic mass is 19.1. The predicted molar refractivity (Wildman–Crippen MR) is 74.1 cm³/mol. The molecule has 20 heavy (non-hydrogen) atoms. The minimum absolute atomic E-state index is 0.125. The van der Waals surface area contributed by atoms with E-state index in [1.165, 1.54) is 19.2 Å². The molecule has 1 fully saturated rings. The molecule has 0 bridgehead atoms. The van der Waals surface area contributed by atoms with Crippen molar-refractivity contribution in [2.75, 3.05) is 7.11 Å². The molecule has 0 N–H and O–H groups in total. The Hall–Kier alpha value is -1.40. The van der Waals surface area contributed by atoms with Gasteiger partial charge in [0.25, 0.3) is 0 Å². The maximum atomic E-state index is 13.6. The first kappa shape index (κ1) is 15.0. The lowest BCUT2D eigenvalue weighted by Crippen LogP contribution is -2.41. The highest BCUT2D eigenvalue weighted by Crippen LogP contribution is 2.37. The van der Waals surface area contributed by atoms with Crippen molar-refractivity contribution in [2.45, 2.75) is 38.9 Å². The molecule has 6 heteroatoms. The molecule has 1 aromatic carbocycles. The summed E-state index contributed by atoms with van der Waals surface area (Å²) in [5.41, 5.74) is -0.647. The monoisotopic (exact) mass is 280 g/mol. The van der Waals surface area contributed by atoms with Crippen LogP contribution in [0.2, 0.25) is 0 Å². The van der Waals surface area contributed by atoms with Gasteiger partial charge >= 0.3 is 7.12 Å². The number of methoxy groups -OCH3 is 1. The molecule has 0 atom stereocenters. The largest absolute Gasteiger partial charge is 0.498 e. The summed E-state index contributed by atoms with van der Waals surface area (Å²) in [5.74, 6) is -0.476. The van der Waals surface area contributed by atoms with Crippen LogP contribution in [0.3, 0.4) is 0 Å². The number of rotatable bonds is 3. The maximum Gasteiger partial charge on any atom is 0.498 e. The van der Waals surface area contributed by atoms with E-state index < -0.39 is 24.1 Å². The van der Waals surface area contributed by atoms with Crippen LogP contribution in [-0.2, 0) is 9.31 Å². The van der Waals surface area contributed by atoms with E-state index in [0.717, 1.165) is 0 Å². The number of ether oxygens (including phenoxy) is 1. The van der Waals surface area contributed by atoms with Crippen molar-refractivity contribution in [3.8, 4) is 5.75 Å². The zero-order valence-corrected chi connectivity index (χ0v) is 12.3. The standard InChI is InChI=1S/C14H18BFO4/c1-13(2)14(3,4)20-15(19-13)10-6-7-11(16)9(8-17)12(10)18-5/h6-8H,1-5H3. The van der Waals surface area contributed by atoms with Crippen LogP contribution in [0, 0.1) is 5.82 Å². The van der Waals surface area contributed by atoms with Gasteiger partial charge in [-0.15, -0.1) is 0 Å². The highest BCUT2D eigenvalue weighted by molar-refractivity contribution is 6.63. The second-order valence-electron chi connectivity index (χ2n) is 5.79. The Morgan fingerprint density at radius 3 is 2.20 bits per heavy atom. The van der Waals surface area contributed by atoms with Crippen LogP contribution in [0.1, 0.15) is 38.1 Å². The van der Waals surface area contributed by atoms with E-state index in [0.29, 0.717) is 11.7 Å². The van der Waals surface area contributed by atoms with E-state index in [2.05, 4.69) is 0 Å². The molecule has 1 heterocycles. The van der Waals surface area contributed by atoms with Gasteiger partial charge in [0, 0.05) is 5.46 Å². The van der Waals surface area contributed by atoms with Crippen LogP contribution >= 0.6 is 0 Å². The Morgan fingerprint density at radius 1 is 1.20 bits per heavy atom. The third kappa shape index (κ3) is 2.23. The normalized spacial score (nSPS) is 20.0. The van der Waals surface area contributed by atoms with Crippen molar-refractivity contribution in [2.24, 2.45) is 0 Å². The molecule has 1 aliphatic rings. The van der Waals surface area contributed by atoms with Crippen LogP contribution in [0.5, 0.6) is 5.75 Å². The second kappa shape index (κ2) is 4.86. The summed E-state index contributed by atoms with van der Waals surface area (Å²) in [5, 5.41) is 0. The Bertz CT molecular complexity index is 526. The molecule has 2 rings (SSSR count). The lowest BCUT2D eigenvalue weighted by atomic mass is 9.77. The zero-order chi connectivity index (χ0) is 15.1. The quantitative estimate of drug-likeness (QED) is 0.627. The van der Waals surface area contributed by atoms with Gasteiger partial charge in [-0.3, -0.25) is 4.79 Å². The third-order valence-electron chi connectivity index (χ3n) is 4.00. The summed E-state index contributed by atoms with van der Waals surface area (Å²) in [4.78, 5) is 11.0. The number of benzene rings is 1. The summed E-state index contributed by atoms with van der Waals surface area (Å²) in [6.45, 7) is 7.68. The molecule has 0 amide bonds. The van der Waals surface area contributed by atoms with Crippen molar-refractivity contribution >= 4 is 18.9 Å². The van der Waals surface area contributed by atoms with Crippen LogP contribution in [-0.4, -0.2) is 31.7 Å². The van der Waals surface area contributed by atoms with Crippen LogP contribution in [0.15, 0.2) is 12.1 Å². The number of aldehydes is 1. The first-order valence-corrected chi connectivity index (χ1v) is 6.40. The molecule has 1 saturated heterocycles. The second-order valence-corrected chi connectivity index (χ2v) is 5.79. The summed E-state index contributed by atoms with van der Waals surface area (Å²) in [6, 6.07) is 2.73. The van der Waals surface area contributed by atoms with E-state index in [4.69, 9.17) is 14.0 Å². The van der Waals surface area contributed by atoms with Crippen molar-refractivity contribution in [1.82, 2.24) is 0 Å². The minimum atomic E-state index is -0.700. The lowest BCUT2D eigenvalue weighted by molar-refractivity contribution is 0.00578. The molecule has 0 radical (unpaired) electrons. The fourth-order valence-corrected chi connectivity index (χ4v) is 2.09. The van der Waals surface area contributed by atoms with E-state index in [1.807, 2.05) is 27.7 Å². The molecular formula is C14H18BFO4. The fourth-order valence-electron chi connectivity index (χ4n) is 2.09. The maximum absolute atomic E-state index is 13.6. The molecule has 1 aliphatic heterocycles. The molecule has 0 aliphatic carbocycles. The molecule has 4 nitrogen and oxygen atoms in total. The highest BCUT2D eigenvalue weighted by Gasteiger charge is 2.52. The lowest BCUT2D eigenvalue weighted by Gasteiger charge is -2.32.